The van der Waals surface area contributed by atoms with E-state index in [1.807, 2.05) is 0 Å². The normalized spacial score (nSPS) is 10.2. The monoisotopic (exact) mass is 259 g/mol. The fraction of sp³-hybridized carbons (Fsp3) is 0.143. The lowest BCUT2D eigenvalue weighted by Crippen LogP contribution is -2.03. The summed E-state index contributed by atoms with van der Waals surface area (Å²) in [7, 11) is 0. The first-order chi connectivity index (χ1) is 9.19. The second kappa shape index (κ2) is 5.97. The minimum atomic E-state index is -1.07. The minimum absolute atomic E-state index is 0.00907. The van der Waals surface area contributed by atoms with Crippen LogP contribution in [0.5, 0.6) is 5.75 Å². The van der Waals surface area contributed by atoms with Crippen molar-refractivity contribution in [2.24, 2.45) is 0 Å². The molecule has 1 heterocycles. The molecule has 0 aliphatic rings. The molecule has 0 bridgehead atoms. The van der Waals surface area contributed by atoms with Crippen molar-refractivity contribution >= 4 is 5.97 Å². The SMILES string of the molecule is O=C(O)c1cc(COc2cccc(CO)c2)ccn1. The van der Waals surface area contributed by atoms with Crippen LogP contribution in [0.3, 0.4) is 0 Å². The molecule has 0 spiro atoms. The van der Waals surface area contributed by atoms with Crippen LogP contribution in [0.15, 0.2) is 42.6 Å². The van der Waals surface area contributed by atoms with Gasteiger partial charge in [-0.25, -0.2) is 9.78 Å². The zero-order valence-electron chi connectivity index (χ0n) is 10.1. The number of aliphatic hydroxyl groups excluding tert-OH is 1. The summed E-state index contributed by atoms with van der Waals surface area (Å²) in [5.41, 5.74) is 1.48. The maximum Gasteiger partial charge on any atom is 0.354 e. The molecule has 0 unspecified atom stereocenters. The number of ether oxygens (including phenoxy) is 1. The van der Waals surface area contributed by atoms with Gasteiger partial charge in [-0.15, -0.1) is 0 Å². The van der Waals surface area contributed by atoms with Crippen molar-refractivity contribution < 1.29 is 19.7 Å². The van der Waals surface area contributed by atoms with Gasteiger partial charge < -0.3 is 14.9 Å². The van der Waals surface area contributed by atoms with Crippen LogP contribution in [0.25, 0.3) is 0 Å². The summed E-state index contributed by atoms with van der Waals surface area (Å²) in [5, 5.41) is 17.8. The van der Waals surface area contributed by atoms with E-state index in [0.29, 0.717) is 5.75 Å². The number of nitrogens with zero attached hydrogens (tertiary/aromatic N) is 1. The van der Waals surface area contributed by atoms with Crippen LogP contribution in [0.4, 0.5) is 0 Å². The number of carbonyl (C=O) groups is 1. The Morgan fingerprint density at radius 2 is 2.05 bits per heavy atom. The number of hydrogen-bond acceptors (Lipinski definition) is 4. The Morgan fingerprint density at radius 3 is 2.79 bits per heavy atom. The summed E-state index contributed by atoms with van der Waals surface area (Å²) in [6.45, 7) is 0.202. The van der Waals surface area contributed by atoms with E-state index in [1.165, 1.54) is 12.3 Å². The Kier molecular flexibility index (Phi) is 4.10. The van der Waals surface area contributed by atoms with Gasteiger partial charge in [0.15, 0.2) is 0 Å². The highest BCUT2D eigenvalue weighted by Gasteiger charge is 2.05. The Hall–Kier alpha value is -2.40. The Balaban J connectivity index is 2.05. The Morgan fingerprint density at radius 1 is 1.21 bits per heavy atom. The number of aliphatic hydroxyl groups is 1. The molecule has 19 heavy (non-hydrogen) atoms. The lowest BCUT2D eigenvalue weighted by atomic mass is 10.2. The molecular formula is C14H13NO4. The number of pyridine rings is 1. The van der Waals surface area contributed by atoms with Crippen LogP contribution in [-0.2, 0) is 13.2 Å². The van der Waals surface area contributed by atoms with Crippen molar-refractivity contribution in [2.75, 3.05) is 0 Å². The van der Waals surface area contributed by atoms with E-state index >= 15 is 0 Å². The molecule has 0 radical (unpaired) electrons. The lowest BCUT2D eigenvalue weighted by Gasteiger charge is -2.07. The average molecular weight is 259 g/mol. The first kappa shape index (κ1) is 13.0. The molecule has 0 amide bonds. The second-order valence-electron chi connectivity index (χ2n) is 3.95. The lowest BCUT2D eigenvalue weighted by molar-refractivity contribution is 0.0690. The van der Waals surface area contributed by atoms with Gasteiger partial charge in [-0.2, -0.15) is 0 Å². The largest absolute Gasteiger partial charge is 0.489 e. The van der Waals surface area contributed by atoms with E-state index in [1.54, 1.807) is 30.3 Å². The van der Waals surface area contributed by atoms with Crippen molar-refractivity contribution in [1.82, 2.24) is 4.98 Å². The molecule has 2 aromatic rings. The van der Waals surface area contributed by atoms with Crippen LogP contribution < -0.4 is 4.74 Å². The quantitative estimate of drug-likeness (QED) is 0.856. The van der Waals surface area contributed by atoms with E-state index in [-0.39, 0.29) is 18.9 Å². The van der Waals surface area contributed by atoms with Crippen molar-refractivity contribution in [3.8, 4) is 5.75 Å². The number of benzene rings is 1. The van der Waals surface area contributed by atoms with Gasteiger partial charge >= 0.3 is 5.97 Å². The first-order valence-corrected chi connectivity index (χ1v) is 5.70. The van der Waals surface area contributed by atoms with Gasteiger partial charge in [-0.1, -0.05) is 12.1 Å². The van der Waals surface area contributed by atoms with Crippen LogP contribution in [0, 0.1) is 0 Å². The molecule has 0 aliphatic carbocycles. The smallest absolute Gasteiger partial charge is 0.354 e. The van der Waals surface area contributed by atoms with E-state index in [0.717, 1.165) is 11.1 Å². The number of aromatic nitrogens is 1. The van der Waals surface area contributed by atoms with Crippen molar-refractivity contribution in [2.45, 2.75) is 13.2 Å². The molecule has 2 N–H and O–H groups in total. The highest BCUT2D eigenvalue weighted by molar-refractivity contribution is 5.85. The molecule has 5 heteroatoms. The standard InChI is InChI=1S/C14H13NO4/c16-8-10-2-1-3-12(6-10)19-9-11-4-5-15-13(7-11)14(17)18/h1-7,16H,8-9H2,(H,17,18). The number of hydrogen-bond donors (Lipinski definition) is 2. The number of carboxylic acids is 1. The number of carboxylic acid groups (broad SMARTS) is 1. The highest BCUT2D eigenvalue weighted by atomic mass is 16.5. The maximum absolute atomic E-state index is 10.8. The molecule has 5 nitrogen and oxygen atoms in total. The molecular weight excluding hydrogens is 246 g/mol. The van der Waals surface area contributed by atoms with Crippen molar-refractivity contribution in [3.63, 3.8) is 0 Å². The van der Waals surface area contributed by atoms with Crippen LogP contribution in [0.2, 0.25) is 0 Å². The number of aromatic carboxylic acids is 1. The summed E-state index contributed by atoms with van der Waals surface area (Å²) in [5.74, 6) is -0.440. The molecule has 1 aromatic heterocycles. The summed E-state index contributed by atoms with van der Waals surface area (Å²) in [4.78, 5) is 14.5. The molecule has 2 rings (SSSR count). The Labute approximate surface area is 110 Å². The molecule has 0 atom stereocenters. The van der Waals surface area contributed by atoms with Gasteiger partial charge in [0, 0.05) is 6.20 Å². The zero-order chi connectivity index (χ0) is 13.7. The van der Waals surface area contributed by atoms with Crippen LogP contribution in [-0.4, -0.2) is 21.2 Å². The molecule has 98 valence electrons. The van der Waals surface area contributed by atoms with Crippen molar-refractivity contribution in [3.05, 3.63) is 59.4 Å². The van der Waals surface area contributed by atoms with Gasteiger partial charge in [0.05, 0.1) is 6.61 Å². The topological polar surface area (TPSA) is 79.7 Å². The maximum atomic E-state index is 10.8. The highest BCUT2D eigenvalue weighted by Crippen LogP contribution is 2.15. The second-order valence-corrected chi connectivity index (χ2v) is 3.95. The van der Waals surface area contributed by atoms with E-state index < -0.39 is 5.97 Å². The minimum Gasteiger partial charge on any atom is -0.489 e. The molecule has 1 aromatic carbocycles. The predicted octanol–water partition coefficient (Wildman–Crippen LogP) is 1.85. The average Bonchev–Trinajstić information content (AvgIpc) is 2.45. The van der Waals surface area contributed by atoms with Crippen LogP contribution >= 0.6 is 0 Å². The summed E-state index contributed by atoms with van der Waals surface area (Å²) >= 11 is 0. The molecule has 0 fully saturated rings. The van der Waals surface area contributed by atoms with E-state index in [2.05, 4.69) is 4.98 Å². The van der Waals surface area contributed by atoms with Gasteiger partial charge in [0.2, 0.25) is 0 Å². The van der Waals surface area contributed by atoms with Crippen LogP contribution in [0.1, 0.15) is 21.6 Å². The molecule has 0 saturated heterocycles. The number of rotatable bonds is 5. The third-order valence-corrected chi connectivity index (χ3v) is 2.53. The third-order valence-electron chi connectivity index (χ3n) is 2.53. The summed E-state index contributed by atoms with van der Waals surface area (Å²) in [6.07, 6.45) is 1.44. The predicted molar refractivity (Wildman–Crippen MR) is 67.9 cm³/mol. The summed E-state index contributed by atoms with van der Waals surface area (Å²) in [6, 6.07) is 10.3. The Bertz CT molecular complexity index is 583. The zero-order valence-corrected chi connectivity index (χ0v) is 10.1. The molecule has 0 saturated carbocycles. The molecule has 0 aliphatic heterocycles. The van der Waals surface area contributed by atoms with Crippen molar-refractivity contribution in [1.29, 1.82) is 0 Å². The van der Waals surface area contributed by atoms with Gasteiger partial charge in [-0.05, 0) is 35.4 Å². The fourth-order valence-electron chi connectivity index (χ4n) is 1.58. The van der Waals surface area contributed by atoms with Gasteiger partial charge in [0.25, 0.3) is 0 Å². The van der Waals surface area contributed by atoms with Gasteiger partial charge in [0.1, 0.15) is 18.1 Å². The van der Waals surface area contributed by atoms with E-state index in [9.17, 15) is 4.79 Å². The fourth-order valence-corrected chi connectivity index (χ4v) is 1.58. The van der Waals surface area contributed by atoms with E-state index in [4.69, 9.17) is 14.9 Å². The third kappa shape index (κ3) is 3.53. The van der Waals surface area contributed by atoms with Gasteiger partial charge in [-0.3, -0.25) is 0 Å². The first-order valence-electron chi connectivity index (χ1n) is 5.70. The summed E-state index contributed by atoms with van der Waals surface area (Å²) < 4.78 is 5.54.